The second kappa shape index (κ2) is 6.57. The lowest BCUT2D eigenvalue weighted by molar-refractivity contribution is 0.0527. The van der Waals surface area contributed by atoms with Gasteiger partial charge in [-0.1, -0.05) is 5.16 Å². The van der Waals surface area contributed by atoms with Gasteiger partial charge in [-0.25, -0.2) is 0 Å². The highest BCUT2D eigenvalue weighted by molar-refractivity contribution is 7.08. The maximum absolute atomic E-state index is 12.7. The van der Waals surface area contributed by atoms with Crippen LogP contribution in [0.2, 0.25) is 0 Å². The lowest BCUT2D eigenvalue weighted by Crippen LogP contribution is -2.47. The minimum Gasteiger partial charge on any atom is -0.361 e. The van der Waals surface area contributed by atoms with Gasteiger partial charge in [-0.05, 0) is 51.1 Å². The summed E-state index contributed by atoms with van der Waals surface area (Å²) in [6.07, 6.45) is 3.50. The zero-order valence-electron chi connectivity index (χ0n) is 15.0. The molecule has 4 heterocycles. The van der Waals surface area contributed by atoms with Crippen molar-refractivity contribution < 1.29 is 9.32 Å². The molecule has 1 spiro atoms. The molecule has 2 aromatic heterocycles. The molecule has 1 atom stereocenters. The molecule has 5 nitrogen and oxygen atoms in total. The van der Waals surface area contributed by atoms with Crippen molar-refractivity contribution in [3.05, 3.63) is 39.4 Å². The Balaban J connectivity index is 1.43. The van der Waals surface area contributed by atoms with Gasteiger partial charge in [-0.3, -0.25) is 9.69 Å². The van der Waals surface area contributed by atoms with E-state index in [1.54, 1.807) is 11.3 Å². The van der Waals surface area contributed by atoms with Gasteiger partial charge in [0.25, 0.3) is 5.91 Å². The molecule has 0 bridgehead atoms. The molecule has 0 aromatic carbocycles. The van der Waals surface area contributed by atoms with E-state index in [9.17, 15) is 4.79 Å². The van der Waals surface area contributed by atoms with Gasteiger partial charge >= 0.3 is 0 Å². The number of thiophene rings is 1. The van der Waals surface area contributed by atoms with Crippen LogP contribution in [0.5, 0.6) is 0 Å². The van der Waals surface area contributed by atoms with Crippen molar-refractivity contribution in [1.82, 2.24) is 15.0 Å². The predicted molar refractivity (Wildman–Crippen MR) is 97.8 cm³/mol. The highest BCUT2D eigenvalue weighted by Crippen LogP contribution is 2.40. The van der Waals surface area contributed by atoms with Gasteiger partial charge in [0.15, 0.2) is 0 Å². The smallest absolute Gasteiger partial charge is 0.254 e. The van der Waals surface area contributed by atoms with E-state index in [4.69, 9.17) is 4.52 Å². The first kappa shape index (κ1) is 16.8. The number of likely N-dealkylation sites (tertiary alicyclic amines) is 2. The molecule has 2 aliphatic rings. The Labute approximate surface area is 152 Å². The van der Waals surface area contributed by atoms with E-state index < -0.39 is 0 Å². The van der Waals surface area contributed by atoms with Crippen molar-refractivity contribution in [3.8, 4) is 0 Å². The van der Waals surface area contributed by atoms with E-state index >= 15 is 0 Å². The Bertz CT molecular complexity index is 735. The number of piperidine rings is 1. The summed E-state index contributed by atoms with van der Waals surface area (Å²) < 4.78 is 5.30. The number of aryl methyl sites for hydroxylation is 2. The molecule has 0 aliphatic carbocycles. The average Bonchev–Trinajstić information content (AvgIpc) is 3.33. The number of hydrogen-bond acceptors (Lipinski definition) is 5. The second-order valence-electron chi connectivity index (χ2n) is 7.61. The first-order valence-electron chi connectivity index (χ1n) is 9.02. The van der Waals surface area contributed by atoms with Crippen LogP contribution in [-0.2, 0) is 6.54 Å². The molecule has 1 amide bonds. The van der Waals surface area contributed by atoms with Crippen LogP contribution in [0.3, 0.4) is 0 Å². The summed E-state index contributed by atoms with van der Waals surface area (Å²) in [4.78, 5) is 17.3. The zero-order chi connectivity index (χ0) is 17.4. The molecular formula is C19H25N3O2S. The van der Waals surface area contributed by atoms with Crippen LogP contribution in [-0.4, -0.2) is 47.0 Å². The monoisotopic (exact) mass is 359 g/mol. The summed E-state index contributed by atoms with van der Waals surface area (Å²) in [6.45, 7) is 8.83. The minimum absolute atomic E-state index is 0.199. The van der Waals surface area contributed by atoms with E-state index in [1.807, 2.05) is 30.7 Å². The molecular weight excluding hydrogens is 334 g/mol. The van der Waals surface area contributed by atoms with Crippen LogP contribution < -0.4 is 0 Å². The number of carbonyl (C=O) groups excluding carboxylic acids is 1. The third kappa shape index (κ3) is 3.25. The quantitative estimate of drug-likeness (QED) is 0.842. The van der Waals surface area contributed by atoms with Crippen molar-refractivity contribution in [2.45, 2.75) is 39.7 Å². The highest BCUT2D eigenvalue weighted by Gasteiger charge is 2.42. The summed E-state index contributed by atoms with van der Waals surface area (Å²) in [5, 5.41) is 8.01. The van der Waals surface area contributed by atoms with Crippen LogP contribution in [0.1, 0.15) is 46.6 Å². The molecule has 2 fully saturated rings. The van der Waals surface area contributed by atoms with Crippen molar-refractivity contribution >= 4 is 17.2 Å². The molecule has 0 saturated carbocycles. The number of amides is 1. The van der Waals surface area contributed by atoms with Gasteiger partial charge in [-0.2, -0.15) is 11.3 Å². The lowest BCUT2D eigenvalue weighted by Gasteiger charge is -2.40. The number of hydrogen-bond donors (Lipinski definition) is 0. The van der Waals surface area contributed by atoms with E-state index in [2.05, 4.69) is 15.0 Å². The maximum atomic E-state index is 12.7. The van der Waals surface area contributed by atoms with Gasteiger partial charge < -0.3 is 9.42 Å². The van der Waals surface area contributed by atoms with Gasteiger partial charge in [-0.15, -0.1) is 0 Å². The molecule has 0 unspecified atom stereocenters. The third-order valence-corrected chi connectivity index (χ3v) is 6.48. The summed E-state index contributed by atoms with van der Waals surface area (Å²) in [5.74, 6) is 1.13. The van der Waals surface area contributed by atoms with E-state index in [0.717, 1.165) is 56.2 Å². The molecule has 0 radical (unpaired) electrons. The summed E-state index contributed by atoms with van der Waals surface area (Å²) >= 11 is 1.59. The second-order valence-corrected chi connectivity index (χ2v) is 8.39. The van der Waals surface area contributed by atoms with Gasteiger partial charge in [0, 0.05) is 42.5 Å². The predicted octanol–water partition coefficient (Wildman–Crippen LogP) is 3.48. The average molecular weight is 359 g/mol. The van der Waals surface area contributed by atoms with Gasteiger partial charge in [0.1, 0.15) is 5.76 Å². The normalized spacial score (nSPS) is 24.3. The van der Waals surface area contributed by atoms with Crippen molar-refractivity contribution in [1.29, 1.82) is 0 Å². The Hall–Kier alpha value is -1.66. The van der Waals surface area contributed by atoms with Crippen LogP contribution in [0.25, 0.3) is 0 Å². The Kier molecular flexibility index (Phi) is 4.41. The fraction of sp³-hybridized carbons (Fsp3) is 0.579. The van der Waals surface area contributed by atoms with Crippen molar-refractivity contribution in [2.75, 3.05) is 26.2 Å². The van der Waals surface area contributed by atoms with Crippen LogP contribution >= 0.6 is 11.3 Å². The number of rotatable bonds is 3. The molecule has 2 saturated heterocycles. The SMILES string of the molecule is Cc1noc(C)c1CN1CC[C@@]2(CCCN(C(=O)c3ccsc3)C2)C1. The van der Waals surface area contributed by atoms with Crippen molar-refractivity contribution in [2.24, 2.45) is 5.41 Å². The Morgan fingerprint density at radius 3 is 2.92 bits per heavy atom. The standard InChI is InChI=1S/C19H25N3O2S/c1-14-17(15(2)24-20-14)10-21-8-6-19(12-21)5-3-7-22(13-19)18(23)16-4-9-25-11-16/h4,9,11H,3,5-8,10,12-13H2,1-2H3/t19-/m0/s1. The van der Waals surface area contributed by atoms with Gasteiger partial charge in [0.2, 0.25) is 0 Å². The van der Waals surface area contributed by atoms with Crippen LogP contribution in [0.15, 0.2) is 21.3 Å². The molecule has 25 heavy (non-hydrogen) atoms. The van der Waals surface area contributed by atoms with Gasteiger partial charge in [0.05, 0.1) is 11.3 Å². The molecule has 4 rings (SSSR count). The molecule has 2 aromatic rings. The molecule has 6 heteroatoms. The fourth-order valence-electron chi connectivity index (χ4n) is 4.40. The molecule has 0 N–H and O–H groups in total. The summed E-state index contributed by atoms with van der Waals surface area (Å²) in [6, 6.07) is 1.94. The van der Waals surface area contributed by atoms with E-state index in [0.29, 0.717) is 0 Å². The summed E-state index contributed by atoms with van der Waals surface area (Å²) in [7, 11) is 0. The van der Waals surface area contributed by atoms with Crippen molar-refractivity contribution in [3.63, 3.8) is 0 Å². The largest absolute Gasteiger partial charge is 0.361 e. The first-order chi connectivity index (χ1) is 12.1. The van der Waals surface area contributed by atoms with Crippen LogP contribution in [0.4, 0.5) is 0 Å². The zero-order valence-corrected chi connectivity index (χ0v) is 15.8. The highest BCUT2D eigenvalue weighted by atomic mass is 32.1. The Morgan fingerprint density at radius 2 is 2.20 bits per heavy atom. The number of nitrogens with zero attached hydrogens (tertiary/aromatic N) is 3. The third-order valence-electron chi connectivity index (χ3n) is 5.80. The number of carbonyl (C=O) groups is 1. The maximum Gasteiger partial charge on any atom is 0.254 e. The van der Waals surface area contributed by atoms with Crippen LogP contribution in [0, 0.1) is 19.3 Å². The number of aromatic nitrogens is 1. The fourth-order valence-corrected chi connectivity index (χ4v) is 5.03. The Morgan fingerprint density at radius 1 is 1.32 bits per heavy atom. The summed E-state index contributed by atoms with van der Waals surface area (Å²) in [5.41, 5.74) is 3.31. The molecule has 2 aliphatic heterocycles. The van der Waals surface area contributed by atoms with E-state index in [1.165, 1.54) is 18.4 Å². The first-order valence-corrected chi connectivity index (χ1v) is 9.96. The topological polar surface area (TPSA) is 49.6 Å². The molecule has 134 valence electrons. The lowest BCUT2D eigenvalue weighted by atomic mass is 9.79. The van der Waals surface area contributed by atoms with E-state index in [-0.39, 0.29) is 11.3 Å². The minimum atomic E-state index is 0.199.